The maximum Gasteiger partial charge on any atom is 0.316 e. The van der Waals surface area contributed by atoms with E-state index in [1.165, 1.54) is 11.8 Å². The average molecular weight is 438 g/mol. The van der Waals surface area contributed by atoms with Crippen LogP contribution in [0.1, 0.15) is 12.5 Å². The number of amides is 1. The molecule has 2 aromatic carbocycles. The van der Waals surface area contributed by atoms with Crippen molar-refractivity contribution in [1.82, 2.24) is 4.90 Å². The fourth-order valence-corrected chi connectivity index (χ4v) is 3.35. The summed E-state index contributed by atoms with van der Waals surface area (Å²) in [6.45, 7) is 2.45. The van der Waals surface area contributed by atoms with Crippen LogP contribution in [-0.2, 0) is 20.9 Å². The van der Waals surface area contributed by atoms with Crippen molar-refractivity contribution in [2.24, 2.45) is 0 Å². The smallest absolute Gasteiger partial charge is 0.316 e. The van der Waals surface area contributed by atoms with E-state index in [2.05, 4.69) is 0 Å². The van der Waals surface area contributed by atoms with Crippen molar-refractivity contribution in [2.75, 3.05) is 33.1 Å². The predicted molar refractivity (Wildman–Crippen MR) is 114 cm³/mol. The lowest BCUT2D eigenvalue weighted by Gasteiger charge is -2.21. The van der Waals surface area contributed by atoms with Crippen LogP contribution in [-0.4, -0.2) is 49.9 Å². The third-order valence-electron chi connectivity index (χ3n) is 4.08. The SMILES string of the molecule is CCN(Cc1ccc(OC)c(OC)c1)C(=O)COC(=O)CSc1ccc(Cl)cc1. The van der Waals surface area contributed by atoms with Gasteiger partial charge in [0.05, 0.1) is 20.0 Å². The van der Waals surface area contributed by atoms with Gasteiger partial charge in [-0.15, -0.1) is 11.8 Å². The Hall–Kier alpha value is -2.38. The lowest BCUT2D eigenvalue weighted by Crippen LogP contribution is -2.34. The van der Waals surface area contributed by atoms with Gasteiger partial charge in [0.15, 0.2) is 18.1 Å². The number of esters is 1. The first-order valence-electron chi connectivity index (χ1n) is 8.99. The third kappa shape index (κ3) is 7.18. The van der Waals surface area contributed by atoms with Gasteiger partial charge in [-0.2, -0.15) is 0 Å². The minimum Gasteiger partial charge on any atom is -0.493 e. The molecule has 2 aromatic rings. The van der Waals surface area contributed by atoms with Gasteiger partial charge in [-0.3, -0.25) is 9.59 Å². The number of methoxy groups -OCH3 is 2. The van der Waals surface area contributed by atoms with Crippen molar-refractivity contribution in [2.45, 2.75) is 18.4 Å². The predicted octanol–water partition coefficient (Wildman–Crippen LogP) is 4.04. The highest BCUT2D eigenvalue weighted by atomic mass is 35.5. The van der Waals surface area contributed by atoms with Crippen LogP contribution in [0.15, 0.2) is 47.4 Å². The van der Waals surface area contributed by atoms with Crippen LogP contribution in [0.3, 0.4) is 0 Å². The van der Waals surface area contributed by atoms with E-state index in [9.17, 15) is 9.59 Å². The molecule has 1 amide bonds. The molecule has 0 atom stereocenters. The van der Waals surface area contributed by atoms with Crippen LogP contribution in [0.2, 0.25) is 5.02 Å². The first-order valence-corrected chi connectivity index (χ1v) is 10.4. The number of carbonyl (C=O) groups excluding carboxylic acids is 2. The van der Waals surface area contributed by atoms with Gasteiger partial charge in [-0.25, -0.2) is 0 Å². The zero-order valence-electron chi connectivity index (χ0n) is 16.6. The number of ether oxygens (including phenoxy) is 3. The summed E-state index contributed by atoms with van der Waals surface area (Å²) in [5, 5.41) is 0.636. The topological polar surface area (TPSA) is 65.1 Å². The van der Waals surface area contributed by atoms with Gasteiger partial charge in [-0.05, 0) is 48.9 Å². The second kappa shape index (κ2) is 11.6. The zero-order valence-corrected chi connectivity index (χ0v) is 18.2. The lowest BCUT2D eigenvalue weighted by molar-refractivity contribution is -0.150. The van der Waals surface area contributed by atoms with Gasteiger partial charge in [0, 0.05) is 23.0 Å². The van der Waals surface area contributed by atoms with Crippen LogP contribution in [0, 0.1) is 0 Å². The van der Waals surface area contributed by atoms with Gasteiger partial charge >= 0.3 is 5.97 Å². The number of thioether (sulfide) groups is 1. The quantitative estimate of drug-likeness (QED) is 0.413. The van der Waals surface area contributed by atoms with Crippen molar-refractivity contribution in [3.8, 4) is 11.5 Å². The number of benzene rings is 2. The average Bonchev–Trinajstić information content (AvgIpc) is 2.75. The highest BCUT2D eigenvalue weighted by molar-refractivity contribution is 8.00. The summed E-state index contributed by atoms with van der Waals surface area (Å²) in [6, 6.07) is 12.6. The second-order valence-corrected chi connectivity index (χ2v) is 7.49. The zero-order chi connectivity index (χ0) is 21.2. The molecule has 0 aliphatic carbocycles. The summed E-state index contributed by atoms with van der Waals surface area (Å²) in [7, 11) is 3.13. The molecule has 0 aliphatic heterocycles. The summed E-state index contributed by atoms with van der Waals surface area (Å²) >= 11 is 7.17. The van der Waals surface area contributed by atoms with Crippen molar-refractivity contribution in [3.05, 3.63) is 53.1 Å². The number of carbonyl (C=O) groups is 2. The molecule has 0 N–H and O–H groups in total. The van der Waals surface area contributed by atoms with Crippen LogP contribution < -0.4 is 9.47 Å². The van der Waals surface area contributed by atoms with Gasteiger partial charge in [0.2, 0.25) is 0 Å². The number of halogens is 1. The minimum absolute atomic E-state index is 0.122. The molecule has 0 bridgehead atoms. The van der Waals surface area contributed by atoms with Crippen molar-refractivity contribution in [3.63, 3.8) is 0 Å². The van der Waals surface area contributed by atoms with Gasteiger partial charge in [-0.1, -0.05) is 17.7 Å². The van der Waals surface area contributed by atoms with Crippen LogP contribution >= 0.6 is 23.4 Å². The van der Waals surface area contributed by atoms with E-state index < -0.39 is 5.97 Å². The molecule has 0 radical (unpaired) electrons. The molecule has 6 nitrogen and oxygen atoms in total. The molecule has 156 valence electrons. The molecular weight excluding hydrogens is 414 g/mol. The van der Waals surface area contributed by atoms with Crippen molar-refractivity contribution < 1.29 is 23.8 Å². The molecule has 0 spiro atoms. The van der Waals surface area contributed by atoms with E-state index >= 15 is 0 Å². The van der Waals surface area contributed by atoms with E-state index in [0.29, 0.717) is 29.6 Å². The Labute approximate surface area is 180 Å². The maximum atomic E-state index is 12.4. The molecule has 2 rings (SSSR count). The van der Waals surface area contributed by atoms with Crippen molar-refractivity contribution >= 4 is 35.2 Å². The minimum atomic E-state index is -0.444. The number of rotatable bonds is 10. The molecule has 0 aromatic heterocycles. The molecule has 8 heteroatoms. The summed E-state index contributed by atoms with van der Waals surface area (Å²) in [4.78, 5) is 26.9. The molecule has 0 heterocycles. The van der Waals surface area contributed by atoms with Gasteiger partial charge in [0.25, 0.3) is 5.91 Å². The highest BCUT2D eigenvalue weighted by Crippen LogP contribution is 2.28. The van der Waals surface area contributed by atoms with Gasteiger partial charge < -0.3 is 19.1 Å². The first-order chi connectivity index (χ1) is 14.0. The van der Waals surface area contributed by atoms with E-state index in [-0.39, 0.29) is 18.3 Å². The van der Waals surface area contributed by atoms with E-state index in [4.69, 9.17) is 25.8 Å². The Balaban J connectivity index is 1.84. The molecule has 0 aliphatic rings. The number of nitrogens with zero attached hydrogens (tertiary/aromatic N) is 1. The number of likely N-dealkylation sites (N-methyl/N-ethyl adjacent to an activating group) is 1. The Bertz CT molecular complexity index is 828. The first kappa shape index (κ1) is 22.9. The van der Waals surface area contributed by atoms with Gasteiger partial charge in [0.1, 0.15) is 0 Å². The lowest BCUT2D eigenvalue weighted by atomic mass is 10.2. The molecule has 0 fully saturated rings. The number of hydrogen-bond donors (Lipinski definition) is 0. The summed E-state index contributed by atoms with van der Waals surface area (Å²) in [5.41, 5.74) is 0.891. The summed E-state index contributed by atoms with van der Waals surface area (Å²) < 4.78 is 15.6. The molecule has 29 heavy (non-hydrogen) atoms. The Morgan fingerprint density at radius 3 is 2.34 bits per heavy atom. The van der Waals surface area contributed by atoms with Crippen molar-refractivity contribution in [1.29, 1.82) is 0 Å². The number of hydrogen-bond acceptors (Lipinski definition) is 6. The maximum absolute atomic E-state index is 12.4. The fourth-order valence-electron chi connectivity index (χ4n) is 2.52. The fraction of sp³-hybridized carbons (Fsp3) is 0.333. The van der Waals surface area contributed by atoms with E-state index in [1.807, 2.05) is 31.2 Å². The Morgan fingerprint density at radius 2 is 1.72 bits per heavy atom. The third-order valence-corrected chi connectivity index (χ3v) is 5.32. The largest absolute Gasteiger partial charge is 0.493 e. The molecular formula is C21H24ClNO5S. The normalized spacial score (nSPS) is 10.3. The van der Waals surface area contributed by atoms with E-state index in [1.54, 1.807) is 37.3 Å². The monoisotopic (exact) mass is 437 g/mol. The Kier molecular flexibility index (Phi) is 9.15. The Morgan fingerprint density at radius 1 is 1.03 bits per heavy atom. The summed E-state index contributed by atoms with van der Waals surface area (Å²) in [6.07, 6.45) is 0. The van der Waals surface area contributed by atoms with Crippen LogP contribution in [0.5, 0.6) is 11.5 Å². The van der Waals surface area contributed by atoms with Crippen LogP contribution in [0.4, 0.5) is 0 Å². The molecule has 0 saturated carbocycles. The molecule has 0 saturated heterocycles. The summed E-state index contributed by atoms with van der Waals surface area (Å²) in [5.74, 6) is 0.640. The van der Waals surface area contributed by atoms with Crippen LogP contribution in [0.25, 0.3) is 0 Å². The standard InChI is InChI=1S/C21H24ClNO5S/c1-4-23(12-15-5-10-18(26-2)19(11-15)27-3)20(24)13-28-21(25)14-29-17-8-6-16(22)7-9-17/h5-11H,4,12-14H2,1-3H3. The highest BCUT2D eigenvalue weighted by Gasteiger charge is 2.16. The van der Waals surface area contributed by atoms with E-state index in [0.717, 1.165) is 10.5 Å². The second-order valence-electron chi connectivity index (χ2n) is 6.00. The molecule has 0 unspecified atom stereocenters.